The van der Waals surface area contributed by atoms with Gasteiger partial charge in [-0.05, 0) is 24.5 Å². The Morgan fingerprint density at radius 3 is 2.87 bits per heavy atom. The fourth-order valence-electron chi connectivity index (χ4n) is 2.06. The highest BCUT2D eigenvalue weighted by molar-refractivity contribution is 5.71. The molecule has 1 heterocycles. The molecule has 15 heavy (non-hydrogen) atoms. The molecular formula is C11H13NO3. The van der Waals surface area contributed by atoms with Crippen LogP contribution in [-0.2, 0) is 11.2 Å². The lowest BCUT2D eigenvalue weighted by atomic mass is 9.68. The minimum Gasteiger partial charge on any atom is -0.481 e. The smallest absolute Gasteiger partial charge is 0.306 e. The average Bonchev–Trinajstić information content (AvgIpc) is 2.15. The third kappa shape index (κ3) is 2.15. The predicted octanol–water partition coefficient (Wildman–Crippen LogP) is 0.850. The second kappa shape index (κ2) is 3.62. The summed E-state index contributed by atoms with van der Waals surface area (Å²) in [7, 11) is 0. The third-order valence-electron chi connectivity index (χ3n) is 2.86. The quantitative estimate of drug-likeness (QED) is 0.770. The summed E-state index contributed by atoms with van der Waals surface area (Å²) >= 11 is 0. The first-order valence-electron chi connectivity index (χ1n) is 4.93. The maximum absolute atomic E-state index is 10.6. The summed E-state index contributed by atoms with van der Waals surface area (Å²) in [6.45, 7) is 0. The van der Waals surface area contributed by atoms with E-state index >= 15 is 0 Å². The zero-order valence-corrected chi connectivity index (χ0v) is 8.26. The molecular weight excluding hydrogens is 194 g/mol. The van der Waals surface area contributed by atoms with Crippen molar-refractivity contribution in [2.45, 2.75) is 24.9 Å². The van der Waals surface area contributed by atoms with Gasteiger partial charge in [0.1, 0.15) is 0 Å². The Morgan fingerprint density at radius 1 is 1.60 bits per heavy atom. The first-order chi connectivity index (χ1) is 7.09. The molecule has 0 atom stereocenters. The van der Waals surface area contributed by atoms with Crippen LogP contribution in [0.15, 0.2) is 24.5 Å². The van der Waals surface area contributed by atoms with E-state index in [2.05, 4.69) is 4.98 Å². The summed E-state index contributed by atoms with van der Waals surface area (Å²) in [5.74, 6) is -1.20. The lowest BCUT2D eigenvalue weighted by molar-refractivity contribution is -0.158. The van der Waals surface area contributed by atoms with Gasteiger partial charge in [0.25, 0.3) is 0 Å². The Kier molecular flexibility index (Phi) is 2.44. The molecule has 0 aliphatic heterocycles. The van der Waals surface area contributed by atoms with E-state index in [0.717, 1.165) is 5.56 Å². The molecule has 0 amide bonds. The van der Waals surface area contributed by atoms with Crippen molar-refractivity contribution in [2.75, 3.05) is 0 Å². The van der Waals surface area contributed by atoms with Crippen LogP contribution >= 0.6 is 0 Å². The fourth-order valence-corrected chi connectivity index (χ4v) is 2.06. The van der Waals surface area contributed by atoms with E-state index in [9.17, 15) is 9.90 Å². The zero-order valence-electron chi connectivity index (χ0n) is 8.26. The van der Waals surface area contributed by atoms with Crippen molar-refractivity contribution in [1.29, 1.82) is 0 Å². The summed E-state index contributed by atoms with van der Waals surface area (Å²) in [6.07, 6.45) is 4.56. The van der Waals surface area contributed by atoms with Crippen LogP contribution in [0.4, 0.5) is 0 Å². The van der Waals surface area contributed by atoms with Crippen LogP contribution in [0.2, 0.25) is 0 Å². The van der Waals surface area contributed by atoms with Crippen LogP contribution in [0.25, 0.3) is 0 Å². The number of rotatable bonds is 3. The average molecular weight is 207 g/mol. The first kappa shape index (κ1) is 10.1. The molecule has 0 unspecified atom stereocenters. The van der Waals surface area contributed by atoms with Gasteiger partial charge in [0.2, 0.25) is 0 Å². The Hall–Kier alpha value is -1.42. The predicted molar refractivity (Wildman–Crippen MR) is 53.3 cm³/mol. The van der Waals surface area contributed by atoms with Gasteiger partial charge in [0.05, 0.1) is 11.5 Å². The molecule has 80 valence electrons. The van der Waals surface area contributed by atoms with Crippen LogP contribution in [-0.4, -0.2) is 26.8 Å². The maximum atomic E-state index is 10.6. The van der Waals surface area contributed by atoms with E-state index in [1.807, 2.05) is 12.1 Å². The van der Waals surface area contributed by atoms with E-state index in [-0.39, 0.29) is 5.92 Å². The summed E-state index contributed by atoms with van der Waals surface area (Å²) < 4.78 is 0. The molecule has 2 rings (SSSR count). The number of aliphatic hydroxyl groups is 1. The van der Waals surface area contributed by atoms with Crippen LogP contribution < -0.4 is 0 Å². The number of aliphatic carboxylic acids is 1. The monoisotopic (exact) mass is 207 g/mol. The van der Waals surface area contributed by atoms with Gasteiger partial charge in [-0.3, -0.25) is 9.78 Å². The van der Waals surface area contributed by atoms with Gasteiger partial charge in [-0.25, -0.2) is 0 Å². The summed E-state index contributed by atoms with van der Waals surface area (Å²) in [5.41, 5.74) is 0.107. The Bertz CT molecular complexity index is 357. The van der Waals surface area contributed by atoms with Crippen molar-refractivity contribution < 1.29 is 15.0 Å². The van der Waals surface area contributed by atoms with Gasteiger partial charge in [0, 0.05) is 18.8 Å². The van der Waals surface area contributed by atoms with E-state index in [1.165, 1.54) is 0 Å². The molecule has 1 fully saturated rings. The molecule has 4 nitrogen and oxygen atoms in total. The minimum absolute atomic E-state index is 0.344. The van der Waals surface area contributed by atoms with Gasteiger partial charge in [-0.2, -0.15) is 0 Å². The lowest BCUT2D eigenvalue weighted by Crippen LogP contribution is -2.48. The number of carboxylic acid groups (broad SMARTS) is 1. The number of carbonyl (C=O) groups is 1. The second-order valence-corrected chi connectivity index (χ2v) is 4.21. The van der Waals surface area contributed by atoms with Crippen molar-refractivity contribution in [3.05, 3.63) is 30.1 Å². The zero-order chi connectivity index (χ0) is 10.9. The number of aromatic nitrogens is 1. The molecule has 1 saturated carbocycles. The Morgan fingerprint density at radius 2 is 2.33 bits per heavy atom. The SMILES string of the molecule is O=C(O)C1CC(O)(Cc2cccnc2)C1. The van der Waals surface area contributed by atoms with Gasteiger partial charge < -0.3 is 10.2 Å². The topological polar surface area (TPSA) is 70.4 Å². The normalized spacial score (nSPS) is 29.5. The standard InChI is InChI=1S/C11H13NO3/c13-10(14)9-5-11(15,6-9)4-8-2-1-3-12-7-8/h1-3,7,9,15H,4-6H2,(H,13,14). The Balaban J connectivity index is 1.95. The molecule has 0 radical (unpaired) electrons. The molecule has 0 aromatic carbocycles. The maximum Gasteiger partial charge on any atom is 0.306 e. The van der Waals surface area contributed by atoms with Crippen molar-refractivity contribution in [1.82, 2.24) is 4.98 Å². The van der Waals surface area contributed by atoms with Crippen LogP contribution in [0.5, 0.6) is 0 Å². The van der Waals surface area contributed by atoms with Crippen LogP contribution in [0.3, 0.4) is 0 Å². The van der Waals surface area contributed by atoms with Crippen molar-refractivity contribution in [3.63, 3.8) is 0 Å². The van der Waals surface area contributed by atoms with Crippen molar-refractivity contribution in [2.24, 2.45) is 5.92 Å². The molecule has 0 bridgehead atoms. The molecule has 1 aromatic heterocycles. The largest absolute Gasteiger partial charge is 0.481 e. The molecule has 1 aromatic rings. The third-order valence-corrected chi connectivity index (χ3v) is 2.86. The van der Waals surface area contributed by atoms with Crippen molar-refractivity contribution >= 4 is 5.97 Å². The molecule has 1 aliphatic rings. The molecule has 1 aliphatic carbocycles. The minimum atomic E-state index is -0.841. The van der Waals surface area contributed by atoms with Crippen molar-refractivity contribution in [3.8, 4) is 0 Å². The number of hydrogen-bond acceptors (Lipinski definition) is 3. The fraction of sp³-hybridized carbons (Fsp3) is 0.455. The molecule has 2 N–H and O–H groups in total. The lowest BCUT2D eigenvalue weighted by Gasteiger charge is -2.41. The molecule has 4 heteroatoms. The molecule has 0 saturated heterocycles. The van der Waals surface area contributed by atoms with E-state index in [1.54, 1.807) is 12.4 Å². The van der Waals surface area contributed by atoms with Gasteiger partial charge in [0.15, 0.2) is 0 Å². The van der Waals surface area contributed by atoms with E-state index in [0.29, 0.717) is 19.3 Å². The molecule has 0 spiro atoms. The van der Waals surface area contributed by atoms with E-state index in [4.69, 9.17) is 5.11 Å². The number of carboxylic acids is 1. The summed E-state index contributed by atoms with van der Waals surface area (Å²) in [5, 5.41) is 18.7. The van der Waals surface area contributed by atoms with E-state index < -0.39 is 11.6 Å². The second-order valence-electron chi connectivity index (χ2n) is 4.21. The Labute approximate surface area is 87.6 Å². The van der Waals surface area contributed by atoms with Crippen LogP contribution in [0, 0.1) is 5.92 Å². The number of pyridine rings is 1. The van der Waals surface area contributed by atoms with Gasteiger partial charge in [-0.15, -0.1) is 0 Å². The number of hydrogen-bond donors (Lipinski definition) is 2. The highest BCUT2D eigenvalue weighted by atomic mass is 16.4. The number of nitrogens with zero attached hydrogens (tertiary/aromatic N) is 1. The summed E-state index contributed by atoms with van der Waals surface area (Å²) in [6, 6.07) is 3.70. The van der Waals surface area contributed by atoms with Gasteiger partial charge >= 0.3 is 5.97 Å². The van der Waals surface area contributed by atoms with Gasteiger partial charge in [-0.1, -0.05) is 6.07 Å². The first-order valence-corrected chi connectivity index (χ1v) is 4.93. The highest BCUT2D eigenvalue weighted by Crippen LogP contribution is 2.40. The summed E-state index contributed by atoms with van der Waals surface area (Å²) in [4.78, 5) is 14.6. The highest BCUT2D eigenvalue weighted by Gasteiger charge is 2.46. The van der Waals surface area contributed by atoms with Crippen LogP contribution in [0.1, 0.15) is 18.4 Å².